The number of non-ortho nitro benzene ring substituents is 1. The fraction of sp³-hybridized carbons (Fsp3) is 0.533. The van der Waals surface area contributed by atoms with Gasteiger partial charge in [-0.3, -0.25) is 15.0 Å². The van der Waals surface area contributed by atoms with E-state index in [-0.39, 0.29) is 17.8 Å². The third kappa shape index (κ3) is 5.50. The molecule has 0 bridgehead atoms. The highest BCUT2D eigenvalue weighted by molar-refractivity contribution is 5.89. The summed E-state index contributed by atoms with van der Waals surface area (Å²) < 4.78 is 0. The molecule has 0 aromatic heterocycles. The van der Waals surface area contributed by atoms with Crippen molar-refractivity contribution in [3.05, 3.63) is 34.4 Å². The van der Waals surface area contributed by atoms with E-state index in [2.05, 4.69) is 27.5 Å². The van der Waals surface area contributed by atoms with Crippen LogP contribution in [-0.2, 0) is 0 Å². The molecule has 1 aromatic carbocycles. The zero-order valence-corrected chi connectivity index (χ0v) is 13.5. The molecule has 0 saturated carbocycles. The van der Waals surface area contributed by atoms with Gasteiger partial charge in [0.15, 0.2) is 0 Å². The molecule has 1 saturated heterocycles. The van der Waals surface area contributed by atoms with E-state index in [1.165, 1.54) is 24.3 Å². The molecule has 1 unspecified atom stereocenters. The van der Waals surface area contributed by atoms with Crippen molar-refractivity contribution in [3.63, 3.8) is 0 Å². The summed E-state index contributed by atoms with van der Waals surface area (Å²) in [6, 6.07) is 5.48. The number of anilines is 1. The molecule has 1 aliphatic rings. The highest BCUT2D eigenvalue weighted by atomic mass is 16.6. The molecule has 2 N–H and O–H groups in total. The van der Waals surface area contributed by atoms with Crippen LogP contribution in [0.15, 0.2) is 24.3 Å². The van der Waals surface area contributed by atoms with Crippen molar-refractivity contribution in [2.75, 3.05) is 45.1 Å². The number of amides is 2. The Labute approximate surface area is 135 Å². The average Bonchev–Trinajstić information content (AvgIpc) is 2.50. The Kier molecular flexibility index (Phi) is 5.89. The van der Waals surface area contributed by atoms with Gasteiger partial charge in [-0.25, -0.2) is 4.79 Å². The van der Waals surface area contributed by atoms with E-state index in [1.807, 2.05) is 6.92 Å². The van der Waals surface area contributed by atoms with Gasteiger partial charge in [0.25, 0.3) is 5.69 Å². The zero-order valence-electron chi connectivity index (χ0n) is 13.5. The summed E-state index contributed by atoms with van der Waals surface area (Å²) in [5, 5.41) is 16.2. The normalized spacial score (nSPS) is 17.5. The summed E-state index contributed by atoms with van der Waals surface area (Å²) in [6.45, 7) is 6.87. The number of carbonyl (C=O) groups excluding carboxylic acids is 1. The third-order valence-electron chi connectivity index (χ3n) is 3.84. The number of piperazine rings is 1. The van der Waals surface area contributed by atoms with Gasteiger partial charge in [0, 0.05) is 56.6 Å². The molecule has 8 nitrogen and oxygen atoms in total. The molecule has 1 aromatic rings. The van der Waals surface area contributed by atoms with Crippen LogP contribution in [-0.4, -0.2) is 66.6 Å². The summed E-state index contributed by atoms with van der Waals surface area (Å²) in [4.78, 5) is 26.7. The number of hydrogen-bond donors (Lipinski definition) is 2. The SMILES string of the molecule is CC(CN1CCN(C)CC1)NC(=O)Nc1ccc([N+](=O)[O-])cc1. The van der Waals surface area contributed by atoms with Crippen LogP contribution in [0.25, 0.3) is 0 Å². The van der Waals surface area contributed by atoms with Crippen LogP contribution in [0.2, 0.25) is 0 Å². The topological polar surface area (TPSA) is 90.8 Å². The molecule has 1 fully saturated rings. The maximum Gasteiger partial charge on any atom is 0.319 e. The van der Waals surface area contributed by atoms with Crippen molar-refractivity contribution in [1.29, 1.82) is 0 Å². The second-order valence-electron chi connectivity index (χ2n) is 5.91. The number of benzene rings is 1. The first-order valence-corrected chi connectivity index (χ1v) is 7.67. The van der Waals surface area contributed by atoms with E-state index in [0.717, 1.165) is 32.7 Å². The minimum atomic E-state index is -0.470. The molecular weight excluding hydrogens is 298 g/mol. The Morgan fingerprint density at radius 3 is 2.43 bits per heavy atom. The first-order chi connectivity index (χ1) is 10.9. The van der Waals surface area contributed by atoms with Gasteiger partial charge in [0.2, 0.25) is 0 Å². The minimum Gasteiger partial charge on any atom is -0.334 e. The van der Waals surface area contributed by atoms with E-state index in [1.54, 1.807) is 0 Å². The first kappa shape index (κ1) is 17.2. The molecule has 0 aliphatic carbocycles. The van der Waals surface area contributed by atoms with Gasteiger partial charge in [-0.05, 0) is 26.1 Å². The van der Waals surface area contributed by atoms with Crippen LogP contribution < -0.4 is 10.6 Å². The molecular formula is C15H23N5O3. The lowest BCUT2D eigenvalue weighted by Gasteiger charge is -2.34. The smallest absolute Gasteiger partial charge is 0.319 e. The standard InChI is InChI=1S/C15H23N5O3/c1-12(11-19-9-7-18(2)8-10-19)16-15(21)17-13-3-5-14(6-4-13)20(22)23/h3-6,12H,7-11H2,1-2H3,(H2,16,17,21). The highest BCUT2D eigenvalue weighted by Gasteiger charge is 2.17. The second-order valence-corrected chi connectivity index (χ2v) is 5.91. The van der Waals surface area contributed by atoms with Crippen LogP contribution >= 0.6 is 0 Å². The molecule has 0 spiro atoms. The molecule has 126 valence electrons. The van der Waals surface area contributed by atoms with E-state index >= 15 is 0 Å². The number of nitrogens with one attached hydrogen (secondary N) is 2. The Morgan fingerprint density at radius 2 is 1.87 bits per heavy atom. The summed E-state index contributed by atoms with van der Waals surface area (Å²) in [5.74, 6) is 0. The molecule has 1 aliphatic heterocycles. The fourth-order valence-electron chi connectivity index (χ4n) is 2.52. The zero-order chi connectivity index (χ0) is 16.8. The van der Waals surface area contributed by atoms with Gasteiger partial charge in [-0.2, -0.15) is 0 Å². The minimum absolute atomic E-state index is 0.000562. The van der Waals surface area contributed by atoms with Crippen LogP contribution in [0.5, 0.6) is 0 Å². The van der Waals surface area contributed by atoms with Gasteiger partial charge < -0.3 is 15.5 Å². The van der Waals surface area contributed by atoms with Gasteiger partial charge in [0.05, 0.1) is 4.92 Å². The van der Waals surface area contributed by atoms with Gasteiger partial charge in [-0.15, -0.1) is 0 Å². The van der Waals surface area contributed by atoms with E-state index in [9.17, 15) is 14.9 Å². The van der Waals surface area contributed by atoms with Crippen molar-refractivity contribution >= 4 is 17.4 Å². The number of rotatable bonds is 5. The molecule has 2 rings (SSSR count). The quantitative estimate of drug-likeness (QED) is 0.631. The molecule has 8 heteroatoms. The van der Waals surface area contributed by atoms with Gasteiger partial charge >= 0.3 is 6.03 Å². The van der Waals surface area contributed by atoms with Gasteiger partial charge in [0.1, 0.15) is 0 Å². The van der Waals surface area contributed by atoms with E-state index in [0.29, 0.717) is 5.69 Å². The maximum absolute atomic E-state index is 12.0. The predicted octanol–water partition coefficient (Wildman–Crippen LogP) is 1.35. The molecule has 1 heterocycles. The van der Waals surface area contributed by atoms with Crippen LogP contribution in [0, 0.1) is 10.1 Å². The van der Waals surface area contributed by atoms with Crippen LogP contribution in [0.3, 0.4) is 0 Å². The van der Waals surface area contributed by atoms with Gasteiger partial charge in [-0.1, -0.05) is 0 Å². The maximum atomic E-state index is 12.0. The Morgan fingerprint density at radius 1 is 1.26 bits per heavy atom. The molecule has 0 radical (unpaired) electrons. The van der Waals surface area contributed by atoms with E-state index < -0.39 is 4.92 Å². The van der Waals surface area contributed by atoms with Crippen molar-refractivity contribution < 1.29 is 9.72 Å². The van der Waals surface area contributed by atoms with E-state index in [4.69, 9.17) is 0 Å². The predicted molar refractivity (Wildman–Crippen MR) is 88.6 cm³/mol. The average molecular weight is 321 g/mol. The second kappa shape index (κ2) is 7.89. The fourth-order valence-corrected chi connectivity index (χ4v) is 2.52. The van der Waals surface area contributed by atoms with Crippen molar-refractivity contribution in [2.45, 2.75) is 13.0 Å². The summed E-state index contributed by atoms with van der Waals surface area (Å²) in [7, 11) is 2.11. The lowest BCUT2D eigenvalue weighted by molar-refractivity contribution is -0.384. The monoisotopic (exact) mass is 321 g/mol. The number of carbonyl (C=O) groups is 1. The number of urea groups is 1. The number of likely N-dealkylation sites (N-methyl/N-ethyl adjacent to an activating group) is 1. The summed E-state index contributed by atoms with van der Waals surface area (Å²) >= 11 is 0. The van der Waals surface area contributed by atoms with Crippen molar-refractivity contribution in [3.8, 4) is 0 Å². The summed E-state index contributed by atoms with van der Waals surface area (Å²) in [5.41, 5.74) is 0.527. The first-order valence-electron chi connectivity index (χ1n) is 7.67. The summed E-state index contributed by atoms with van der Waals surface area (Å²) in [6.07, 6.45) is 0. The number of nitro benzene ring substituents is 1. The Balaban J connectivity index is 1.76. The lowest BCUT2D eigenvalue weighted by Crippen LogP contribution is -2.50. The highest BCUT2D eigenvalue weighted by Crippen LogP contribution is 2.15. The number of nitrogens with zero attached hydrogens (tertiary/aromatic N) is 3. The molecule has 23 heavy (non-hydrogen) atoms. The van der Waals surface area contributed by atoms with Crippen molar-refractivity contribution in [1.82, 2.24) is 15.1 Å². The number of nitro groups is 1. The molecule has 2 amide bonds. The van der Waals surface area contributed by atoms with Crippen LogP contribution in [0.1, 0.15) is 6.92 Å². The Hall–Kier alpha value is -2.19. The number of hydrogen-bond acceptors (Lipinski definition) is 5. The Bertz CT molecular complexity index is 541. The van der Waals surface area contributed by atoms with Crippen molar-refractivity contribution in [2.24, 2.45) is 0 Å². The molecule has 1 atom stereocenters. The largest absolute Gasteiger partial charge is 0.334 e. The third-order valence-corrected chi connectivity index (χ3v) is 3.84. The lowest BCUT2D eigenvalue weighted by atomic mass is 10.2. The van der Waals surface area contributed by atoms with Crippen LogP contribution in [0.4, 0.5) is 16.2 Å².